The number of carbonyl (C=O) groups is 2. The number of imide groups is 1. The van der Waals surface area contributed by atoms with E-state index in [1.165, 1.54) is 19.2 Å². The average molecular weight is 520 g/mol. The van der Waals surface area contributed by atoms with Gasteiger partial charge >= 0.3 is 0 Å². The van der Waals surface area contributed by atoms with Gasteiger partial charge < -0.3 is 9.47 Å². The largest absolute Gasteiger partial charge is 0.493 e. The Labute approximate surface area is 177 Å². The fourth-order valence-electron chi connectivity index (χ4n) is 2.35. The normalized spacial score (nSPS) is 15.2. The van der Waals surface area contributed by atoms with E-state index in [0.29, 0.717) is 25.5 Å². The van der Waals surface area contributed by atoms with Gasteiger partial charge in [-0.15, -0.1) is 0 Å². The molecule has 0 unspecified atom stereocenters. The van der Waals surface area contributed by atoms with Crippen LogP contribution in [0.15, 0.2) is 35.2 Å². The fraction of sp³-hybridized carbons (Fsp3) is 0.111. The predicted octanol–water partition coefficient (Wildman–Crippen LogP) is 5.00. The molecule has 1 aliphatic rings. The first-order chi connectivity index (χ1) is 12.9. The molecule has 2 aromatic rings. The summed E-state index contributed by atoms with van der Waals surface area (Å²) in [6.07, 6.45) is 1.59. The molecule has 9 heteroatoms. The topological polar surface area (TPSA) is 64.6 Å². The number of rotatable bonds is 5. The molecule has 0 aliphatic carbocycles. The van der Waals surface area contributed by atoms with Gasteiger partial charge in [0, 0.05) is 5.56 Å². The summed E-state index contributed by atoms with van der Waals surface area (Å²) >= 11 is 8.92. The monoisotopic (exact) mass is 519 g/mol. The number of thioether (sulfide) groups is 1. The molecule has 3 rings (SSSR count). The van der Waals surface area contributed by atoms with E-state index in [0.717, 1.165) is 11.8 Å². The summed E-state index contributed by atoms with van der Waals surface area (Å²) in [7, 11) is 1.48. The van der Waals surface area contributed by atoms with Gasteiger partial charge in [0.2, 0.25) is 0 Å². The smallest absolute Gasteiger partial charge is 0.290 e. The van der Waals surface area contributed by atoms with Crippen molar-refractivity contribution in [3.05, 3.63) is 60.8 Å². The maximum Gasteiger partial charge on any atom is 0.290 e. The quantitative estimate of drug-likeness (QED) is 0.445. The minimum atomic E-state index is -0.452. The van der Waals surface area contributed by atoms with Crippen LogP contribution in [0.5, 0.6) is 11.5 Å². The molecule has 1 fully saturated rings. The van der Waals surface area contributed by atoms with Crippen LogP contribution in [0, 0.1) is 9.39 Å². The maximum atomic E-state index is 13.9. The summed E-state index contributed by atoms with van der Waals surface area (Å²) in [5.41, 5.74) is 0.917. The highest BCUT2D eigenvalue weighted by Gasteiger charge is 2.25. The van der Waals surface area contributed by atoms with Crippen LogP contribution in [0.1, 0.15) is 11.1 Å². The van der Waals surface area contributed by atoms with Crippen LogP contribution in [0.25, 0.3) is 6.08 Å². The minimum Gasteiger partial charge on any atom is -0.493 e. The third-order valence-electron chi connectivity index (χ3n) is 3.61. The second kappa shape index (κ2) is 8.49. The molecule has 2 aromatic carbocycles. The first-order valence-corrected chi connectivity index (χ1v) is 9.84. The first-order valence-electron chi connectivity index (χ1n) is 7.57. The van der Waals surface area contributed by atoms with Crippen molar-refractivity contribution in [1.29, 1.82) is 0 Å². The molecule has 1 heterocycles. The summed E-state index contributed by atoms with van der Waals surface area (Å²) in [5, 5.41) is 2.07. The Balaban J connectivity index is 1.88. The molecule has 5 nitrogen and oxygen atoms in total. The van der Waals surface area contributed by atoms with Crippen LogP contribution in [-0.2, 0) is 11.4 Å². The third-order valence-corrected chi connectivity index (χ3v) is 5.58. The van der Waals surface area contributed by atoms with E-state index < -0.39 is 17.0 Å². The van der Waals surface area contributed by atoms with Crippen LogP contribution in [0.2, 0.25) is 5.02 Å². The van der Waals surface area contributed by atoms with Gasteiger partial charge in [-0.1, -0.05) is 17.7 Å². The molecule has 27 heavy (non-hydrogen) atoms. The highest BCUT2D eigenvalue weighted by atomic mass is 127. The number of nitrogens with one attached hydrogen (secondary N) is 1. The van der Waals surface area contributed by atoms with Gasteiger partial charge in [0.1, 0.15) is 12.4 Å². The molecule has 0 aromatic heterocycles. The zero-order chi connectivity index (χ0) is 19.6. The molecule has 0 bridgehead atoms. The lowest BCUT2D eigenvalue weighted by molar-refractivity contribution is -0.115. The van der Waals surface area contributed by atoms with E-state index in [1.54, 1.807) is 24.3 Å². The number of methoxy groups -OCH3 is 1. The number of hydrogen-bond donors (Lipinski definition) is 1. The third kappa shape index (κ3) is 4.56. The highest BCUT2D eigenvalue weighted by molar-refractivity contribution is 14.1. The van der Waals surface area contributed by atoms with Gasteiger partial charge in [-0.25, -0.2) is 4.39 Å². The molecular formula is C18H12ClFINO4S. The second-order valence-corrected chi connectivity index (χ2v) is 7.96. The van der Waals surface area contributed by atoms with Gasteiger partial charge in [0.05, 0.1) is 20.6 Å². The van der Waals surface area contributed by atoms with E-state index in [1.807, 2.05) is 0 Å². The molecule has 0 radical (unpaired) electrons. The van der Waals surface area contributed by atoms with Crippen molar-refractivity contribution in [3.8, 4) is 11.5 Å². The van der Waals surface area contributed by atoms with Crippen LogP contribution < -0.4 is 14.8 Å². The van der Waals surface area contributed by atoms with Crippen molar-refractivity contribution in [2.24, 2.45) is 0 Å². The maximum absolute atomic E-state index is 13.9. The summed E-state index contributed by atoms with van der Waals surface area (Å²) in [6.45, 7) is -0.0644. The van der Waals surface area contributed by atoms with Gasteiger partial charge in [-0.05, 0) is 70.3 Å². The SMILES string of the molecule is COc1cc(/C=C2\SC(=O)NC2=O)cc(I)c1OCc1c(F)cccc1Cl. The number of hydrogen-bond acceptors (Lipinski definition) is 5. The van der Waals surface area contributed by atoms with Crippen LogP contribution in [-0.4, -0.2) is 18.3 Å². The Morgan fingerprint density at radius 3 is 2.74 bits per heavy atom. The fourth-order valence-corrected chi connectivity index (χ4v) is 4.03. The lowest BCUT2D eigenvalue weighted by Crippen LogP contribution is -2.17. The Morgan fingerprint density at radius 1 is 1.33 bits per heavy atom. The van der Waals surface area contributed by atoms with E-state index in [9.17, 15) is 14.0 Å². The molecule has 1 aliphatic heterocycles. The molecule has 2 amide bonds. The number of ether oxygens (including phenoxy) is 2. The summed E-state index contributed by atoms with van der Waals surface area (Å²) in [4.78, 5) is 23.3. The summed E-state index contributed by atoms with van der Waals surface area (Å²) in [5.74, 6) is -0.0459. The summed E-state index contributed by atoms with van der Waals surface area (Å²) < 4.78 is 25.7. The van der Waals surface area contributed by atoms with Gasteiger partial charge in [-0.2, -0.15) is 0 Å². The van der Waals surface area contributed by atoms with Crippen molar-refractivity contribution < 1.29 is 23.5 Å². The van der Waals surface area contributed by atoms with Crippen molar-refractivity contribution >= 4 is 63.2 Å². The summed E-state index contributed by atoms with van der Waals surface area (Å²) in [6, 6.07) is 7.87. The van der Waals surface area contributed by atoms with Crippen LogP contribution in [0.4, 0.5) is 9.18 Å². The second-order valence-electron chi connectivity index (χ2n) is 5.38. The van der Waals surface area contributed by atoms with Crippen molar-refractivity contribution in [2.75, 3.05) is 7.11 Å². The number of amides is 2. The van der Waals surface area contributed by atoms with Gasteiger partial charge in [0.15, 0.2) is 11.5 Å². The predicted molar refractivity (Wildman–Crippen MR) is 111 cm³/mol. The Kier molecular flexibility index (Phi) is 6.28. The Morgan fingerprint density at radius 2 is 2.11 bits per heavy atom. The van der Waals surface area contributed by atoms with Crippen molar-refractivity contribution in [3.63, 3.8) is 0 Å². The first kappa shape index (κ1) is 20.0. The van der Waals surface area contributed by atoms with Crippen molar-refractivity contribution in [2.45, 2.75) is 6.61 Å². The zero-order valence-electron chi connectivity index (χ0n) is 13.8. The number of halogens is 3. The molecular weight excluding hydrogens is 508 g/mol. The van der Waals surface area contributed by atoms with E-state index in [4.69, 9.17) is 21.1 Å². The number of carbonyl (C=O) groups excluding carboxylic acids is 2. The van der Waals surface area contributed by atoms with E-state index >= 15 is 0 Å². The van der Waals surface area contributed by atoms with Crippen LogP contribution >= 0.6 is 46.0 Å². The Hall–Kier alpha value is -1.78. The minimum absolute atomic E-state index is 0.0644. The Bertz CT molecular complexity index is 946. The molecule has 140 valence electrons. The standard InChI is InChI=1S/C18H12ClFINO4S/c1-25-14-6-9(7-15-17(23)22-18(24)27-15)5-13(21)16(14)26-8-10-11(19)3-2-4-12(10)20/h2-7H,8H2,1H3,(H,22,23,24)/b15-7-. The molecule has 1 N–H and O–H groups in total. The zero-order valence-corrected chi connectivity index (χ0v) is 17.6. The molecule has 0 saturated carbocycles. The van der Waals surface area contributed by atoms with Gasteiger partial charge in [0.25, 0.3) is 11.1 Å². The van der Waals surface area contributed by atoms with Crippen molar-refractivity contribution in [1.82, 2.24) is 5.32 Å². The van der Waals surface area contributed by atoms with E-state index in [2.05, 4.69) is 27.9 Å². The molecule has 1 saturated heterocycles. The van der Waals surface area contributed by atoms with Gasteiger partial charge in [-0.3, -0.25) is 14.9 Å². The van der Waals surface area contributed by atoms with Crippen LogP contribution in [0.3, 0.4) is 0 Å². The number of benzene rings is 2. The molecule has 0 atom stereocenters. The van der Waals surface area contributed by atoms with E-state index in [-0.39, 0.29) is 17.2 Å². The average Bonchev–Trinajstić information content (AvgIpc) is 2.92. The lowest BCUT2D eigenvalue weighted by atomic mass is 10.1. The highest BCUT2D eigenvalue weighted by Crippen LogP contribution is 2.36. The molecule has 0 spiro atoms. The lowest BCUT2D eigenvalue weighted by Gasteiger charge is -2.14.